The molecule has 1 atom stereocenters. The van der Waals surface area contributed by atoms with E-state index >= 15 is 0 Å². The van der Waals surface area contributed by atoms with E-state index in [0.717, 1.165) is 18.4 Å². The summed E-state index contributed by atoms with van der Waals surface area (Å²) in [6.45, 7) is 0. The summed E-state index contributed by atoms with van der Waals surface area (Å²) in [5.41, 5.74) is 5.93. The van der Waals surface area contributed by atoms with Crippen molar-refractivity contribution in [2.45, 2.75) is 18.9 Å². The number of hydrogen-bond acceptors (Lipinski definition) is 3. The van der Waals surface area contributed by atoms with Crippen LogP contribution in [0.2, 0.25) is 0 Å². The second-order valence-electron chi connectivity index (χ2n) is 4.04. The van der Waals surface area contributed by atoms with Gasteiger partial charge in [0.15, 0.2) is 0 Å². The SMILES string of the molecule is CS(=O)(=O)CCCC(N)c1ccc(F)cc1F. The van der Waals surface area contributed by atoms with Crippen LogP contribution < -0.4 is 5.73 Å². The van der Waals surface area contributed by atoms with E-state index in [2.05, 4.69) is 0 Å². The second kappa shape index (κ2) is 5.55. The predicted molar refractivity (Wildman–Crippen MR) is 62.2 cm³/mol. The molecule has 1 unspecified atom stereocenters. The topological polar surface area (TPSA) is 60.2 Å². The fourth-order valence-corrected chi connectivity index (χ4v) is 2.21. The molecule has 0 saturated heterocycles. The first-order valence-corrected chi connectivity index (χ1v) is 7.24. The van der Waals surface area contributed by atoms with E-state index in [1.165, 1.54) is 6.07 Å². The van der Waals surface area contributed by atoms with Gasteiger partial charge in [0, 0.05) is 29.7 Å². The van der Waals surface area contributed by atoms with Crippen molar-refractivity contribution in [2.24, 2.45) is 5.73 Å². The van der Waals surface area contributed by atoms with Crippen molar-refractivity contribution >= 4 is 9.84 Å². The molecule has 1 aromatic carbocycles. The third-order valence-electron chi connectivity index (χ3n) is 2.39. The van der Waals surface area contributed by atoms with Gasteiger partial charge in [-0.05, 0) is 18.9 Å². The van der Waals surface area contributed by atoms with Gasteiger partial charge in [-0.2, -0.15) is 0 Å². The Morgan fingerprint density at radius 1 is 1.35 bits per heavy atom. The van der Waals surface area contributed by atoms with Crippen molar-refractivity contribution in [3.05, 3.63) is 35.4 Å². The maximum Gasteiger partial charge on any atom is 0.147 e. The van der Waals surface area contributed by atoms with Crippen LogP contribution in [0.25, 0.3) is 0 Å². The predicted octanol–water partition coefficient (Wildman–Crippen LogP) is 1.79. The molecule has 0 spiro atoms. The molecule has 0 aliphatic carbocycles. The lowest BCUT2D eigenvalue weighted by atomic mass is 10.0. The Labute approximate surface area is 99.6 Å². The first kappa shape index (κ1) is 14.1. The molecule has 1 aromatic rings. The van der Waals surface area contributed by atoms with Gasteiger partial charge in [-0.1, -0.05) is 6.07 Å². The maximum atomic E-state index is 13.3. The molecule has 0 amide bonds. The van der Waals surface area contributed by atoms with Crippen molar-refractivity contribution in [1.82, 2.24) is 0 Å². The largest absolute Gasteiger partial charge is 0.324 e. The molecular weight excluding hydrogens is 248 g/mol. The minimum Gasteiger partial charge on any atom is -0.324 e. The van der Waals surface area contributed by atoms with Gasteiger partial charge in [-0.25, -0.2) is 17.2 Å². The van der Waals surface area contributed by atoms with Gasteiger partial charge in [0.05, 0.1) is 0 Å². The molecule has 0 radical (unpaired) electrons. The highest BCUT2D eigenvalue weighted by atomic mass is 32.2. The summed E-state index contributed by atoms with van der Waals surface area (Å²) in [4.78, 5) is 0. The Morgan fingerprint density at radius 3 is 2.53 bits per heavy atom. The fraction of sp³-hybridized carbons (Fsp3) is 0.455. The Kier molecular flexibility index (Phi) is 4.59. The van der Waals surface area contributed by atoms with Crippen LogP contribution in [0.3, 0.4) is 0 Å². The van der Waals surface area contributed by atoms with E-state index in [9.17, 15) is 17.2 Å². The molecule has 0 aliphatic heterocycles. The average Bonchev–Trinajstić information content (AvgIpc) is 2.15. The quantitative estimate of drug-likeness (QED) is 0.881. The van der Waals surface area contributed by atoms with Crippen molar-refractivity contribution in [3.63, 3.8) is 0 Å². The van der Waals surface area contributed by atoms with Crippen LogP contribution in [-0.4, -0.2) is 20.4 Å². The van der Waals surface area contributed by atoms with E-state index in [4.69, 9.17) is 5.73 Å². The first-order valence-electron chi connectivity index (χ1n) is 5.18. The smallest absolute Gasteiger partial charge is 0.147 e. The van der Waals surface area contributed by atoms with Crippen LogP contribution in [0.5, 0.6) is 0 Å². The van der Waals surface area contributed by atoms with Crippen molar-refractivity contribution < 1.29 is 17.2 Å². The summed E-state index contributed by atoms with van der Waals surface area (Å²) in [5, 5.41) is 0. The molecule has 0 aliphatic rings. The van der Waals surface area contributed by atoms with Crippen molar-refractivity contribution in [3.8, 4) is 0 Å². The van der Waals surface area contributed by atoms with E-state index in [-0.39, 0.29) is 11.3 Å². The molecule has 0 saturated carbocycles. The number of nitrogens with two attached hydrogens (primary N) is 1. The Hall–Kier alpha value is -1.01. The highest BCUT2D eigenvalue weighted by Crippen LogP contribution is 2.20. The summed E-state index contributed by atoms with van der Waals surface area (Å²) >= 11 is 0. The molecule has 0 bridgehead atoms. The molecule has 2 N–H and O–H groups in total. The zero-order chi connectivity index (χ0) is 13.1. The number of rotatable bonds is 5. The third kappa shape index (κ3) is 4.79. The molecule has 0 fully saturated rings. The van der Waals surface area contributed by atoms with Crippen molar-refractivity contribution in [1.29, 1.82) is 0 Å². The van der Waals surface area contributed by atoms with Crippen LogP contribution in [0.4, 0.5) is 8.78 Å². The molecule has 0 aromatic heterocycles. The average molecular weight is 263 g/mol. The normalized spacial score (nSPS) is 13.6. The van der Waals surface area contributed by atoms with Crippen LogP contribution in [0.15, 0.2) is 18.2 Å². The minimum atomic E-state index is -3.03. The lowest BCUT2D eigenvalue weighted by Crippen LogP contribution is -2.14. The summed E-state index contributed by atoms with van der Waals surface area (Å²) in [6, 6.07) is 2.58. The van der Waals surface area contributed by atoms with Gasteiger partial charge in [-0.15, -0.1) is 0 Å². The number of benzene rings is 1. The summed E-state index contributed by atoms with van der Waals surface area (Å²) in [7, 11) is -3.03. The molecule has 0 heterocycles. The zero-order valence-corrected chi connectivity index (χ0v) is 10.3. The van der Waals surface area contributed by atoms with Crippen LogP contribution in [-0.2, 0) is 9.84 Å². The second-order valence-corrected chi connectivity index (χ2v) is 6.30. The summed E-state index contributed by atoms with van der Waals surface area (Å²) < 4.78 is 47.8. The monoisotopic (exact) mass is 263 g/mol. The molecular formula is C11H15F2NO2S. The zero-order valence-electron chi connectivity index (χ0n) is 9.49. The van der Waals surface area contributed by atoms with E-state index in [1.54, 1.807) is 0 Å². The third-order valence-corrected chi connectivity index (χ3v) is 3.42. The Balaban J connectivity index is 2.61. The standard InChI is InChI=1S/C11H15F2NO2S/c1-17(15,16)6-2-3-11(14)9-5-4-8(12)7-10(9)13/h4-5,7,11H,2-3,6,14H2,1H3. The number of hydrogen-bond donors (Lipinski definition) is 1. The molecule has 17 heavy (non-hydrogen) atoms. The number of halogens is 2. The van der Waals surface area contributed by atoms with Gasteiger partial charge in [0.2, 0.25) is 0 Å². The van der Waals surface area contributed by atoms with E-state index < -0.39 is 27.5 Å². The van der Waals surface area contributed by atoms with Crippen LogP contribution in [0.1, 0.15) is 24.4 Å². The number of sulfone groups is 1. The maximum absolute atomic E-state index is 13.3. The lowest BCUT2D eigenvalue weighted by molar-refractivity contribution is 0.539. The fourth-order valence-electron chi connectivity index (χ4n) is 1.52. The van der Waals surface area contributed by atoms with Crippen LogP contribution >= 0.6 is 0 Å². The van der Waals surface area contributed by atoms with Gasteiger partial charge >= 0.3 is 0 Å². The van der Waals surface area contributed by atoms with Gasteiger partial charge in [0.1, 0.15) is 21.5 Å². The van der Waals surface area contributed by atoms with Crippen molar-refractivity contribution in [2.75, 3.05) is 12.0 Å². The molecule has 6 heteroatoms. The van der Waals surface area contributed by atoms with E-state index in [0.29, 0.717) is 12.8 Å². The lowest BCUT2D eigenvalue weighted by Gasteiger charge is -2.12. The first-order chi connectivity index (χ1) is 7.79. The molecule has 3 nitrogen and oxygen atoms in total. The molecule has 1 rings (SSSR count). The van der Waals surface area contributed by atoms with Gasteiger partial charge < -0.3 is 5.73 Å². The summed E-state index contributed by atoms with van der Waals surface area (Å²) in [6.07, 6.45) is 1.84. The van der Waals surface area contributed by atoms with Gasteiger partial charge in [-0.3, -0.25) is 0 Å². The Bertz CT molecular complexity index is 488. The van der Waals surface area contributed by atoms with Crippen LogP contribution in [0, 0.1) is 11.6 Å². The molecule has 96 valence electrons. The van der Waals surface area contributed by atoms with E-state index in [1.807, 2.05) is 0 Å². The highest BCUT2D eigenvalue weighted by Gasteiger charge is 2.13. The Morgan fingerprint density at radius 2 is 2.00 bits per heavy atom. The minimum absolute atomic E-state index is 0.0174. The van der Waals surface area contributed by atoms with Gasteiger partial charge in [0.25, 0.3) is 0 Å². The summed E-state index contributed by atoms with van der Waals surface area (Å²) in [5.74, 6) is -1.34. The highest BCUT2D eigenvalue weighted by molar-refractivity contribution is 7.90.